The van der Waals surface area contributed by atoms with Gasteiger partial charge in [-0.05, 0) is 30.2 Å². The Morgan fingerprint density at radius 1 is 1.09 bits per heavy atom. The lowest BCUT2D eigenvalue weighted by Crippen LogP contribution is -2.14. The van der Waals surface area contributed by atoms with E-state index >= 15 is 0 Å². The van der Waals surface area contributed by atoms with Crippen LogP contribution in [0, 0.1) is 0 Å². The number of nitrogens with one attached hydrogen (secondary N) is 2. The molecule has 3 rings (SSSR count). The summed E-state index contributed by atoms with van der Waals surface area (Å²) in [5.41, 5.74) is 2.42. The Morgan fingerprint density at radius 2 is 1.95 bits per heavy atom. The van der Waals surface area contributed by atoms with Crippen LogP contribution in [0.25, 0.3) is 11.3 Å². The van der Waals surface area contributed by atoms with E-state index in [2.05, 4.69) is 25.3 Å². The highest BCUT2D eigenvalue weighted by atomic mass is 16.1. The Labute approximate surface area is 127 Å². The number of anilines is 1. The van der Waals surface area contributed by atoms with E-state index < -0.39 is 0 Å². The molecule has 2 N–H and O–H groups in total. The Hall–Kier alpha value is -3.02. The molecule has 0 fully saturated rings. The zero-order valence-corrected chi connectivity index (χ0v) is 11.9. The molecule has 22 heavy (non-hydrogen) atoms. The molecular weight excluding hydrogens is 278 g/mol. The lowest BCUT2D eigenvalue weighted by molar-refractivity contribution is 0.969. The topological polar surface area (TPSA) is 83.6 Å². The summed E-state index contributed by atoms with van der Waals surface area (Å²) in [6.07, 6.45) is 7.72. The molecule has 0 aliphatic rings. The molecule has 0 aliphatic carbocycles. The molecule has 6 nitrogen and oxygen atoms in total. The third-order valence-corrected chi connectivity index (χ3v) is 3.15. The Morgan fingerprint density at radius 3 is 2.73 bits per heavy atom. The van der Waals surface area contributed by atoms with Gasteiger partial charge in [0.15, 0.2) is 0 Å². The summed E-state index contributed by atoms with van der Waals surface area (Å²) in [6, 6.07) is 9.03. The van der Waals surface area contributed by atoms with Gasteiger partial charge in [-0.25, -0.2) is 4.98 Å². The van der Waals surface area contributed by atoms with E-state index in [0.29, 0.717) is 18.2 Å². The summed E-state index contributed by atoms with van der Waals surface area (Å²) in [5.74, 6) is 0.461. The molecule has 3 aromatic heterocycles. The first kappa shape index (κ1) is 13.9. The third kappa shape index (κ3) is 3.54. The zero-order chi connectivity index (χ0) is 15.2. The average Bonchev–Trinajstić information content (AvgIpc) is 2.56. The Balaban J connectivity index is 1.72. The summed E-state index contributed by atoms with van der Waals surface area (Å²) in [4.78, 5) is 26.9. The van der Waals surface area contributed by atoms with Gasteiger partial charge >= 0.3 is 0 Å². The fourth-order valence-corrected chi connectivity index (χ4v) is 2.08. The predicted molar refractivity (Wildman–Crippen MR) is 84.5 cm³/mol. The largest absolute Gasteiger partial charge is 0.355 e. The third-order valence-electron chi connectivity index (χ3n) is 3.15. The highest BCUT2D eigenvalue weighted by molar-refractivity contribution is 5.58. The number of hydrogen-bond donors (Lipinski definition) is 2. The van der Waals surface area contributed by atoms with Crippen molar-refractivity contribution in [2.75, 3.05) is 11.9 Å². The van der Waals surface area contributed by atoms with Gasteiger partial charge in [-0.2, -0.15) is 0 Å². The van der Waals surface area contributed by atoms with E-state index in [-0.39, 0.29) is 5.56 Å². The van der Waals surface area contributed by atoms with Crippen LogP contribution in [0.3, 0.4) is 0 Å². The maximum absolute atomic E-state index is 11.8. The minimum atomic E-state index is -0.189. The van der Waals surface area contributed by atoms with Crippen molar-refractivity contribution in [1.82, 2.24) is 19.9 Å². The number of H-pyrrole nitrogens is 1. The highest BCUT2D eigenvalue weighted by Crippen LogP contribution is 2.14. The molecule has 0 atom stereocenters. The van der Waals surface area contributed by atoms with Crippen LogP contribution in [0.15, 0.2) is 59.9 Å². The van der Waals surface area contributed by atoms with Crippen molar-refractivity contribution < 1.29 is 0 Å². The smallest absolute Gasteiger partial charge is 0.252 e. The van der Waals surface area contributed by atoms with Crippen molar-refractivity contribution in [2.24, 2.45) is 0 Å². The second kappa shape index (κ2) is 6.62. The number of aromatic amines is 1. The Bertz CT molecular complexity index is 786. The number of aromatic nitrogens is 4. The number of rotatable bonds is 5. The first-order valence-electron chi connectivity index (χ1n) is 6.96. The van der Waals surface area contributed by atoms with Crippen LogP contribution in [0.5, 0.6) is 0 Å². The van der Waals surface area contributed by atoms with Gasteiger partial charge in [-0.1, -0.05) is 6.07 Å². The maximum Gasteiger partial charge on any atom is 0.252 e. The molecule has 110 valence electrons. The summed E-state index contributed by atoms with van der Waals surface area (Å²) < 4.78 is 0. The molecule has 0 aromatic carbocycles. The van der Waals surface area contributed by atoms with Crippen LogP contribution >= 0.6 is 0 Å². The molecule has 0 saturated carbocycles. The highest BCUT2D eigenvalue weighted by Gasteiger charge is 2.03. The quantitative estimate of drug-likeness (QED) is 0.750. The summed E-state index contributed by atoms with van der Waals surface area (Å²) in [5, 5.41) is 3.13. The van der Waals surface area contributed by atoms with Gasteiger partial charge in [0, 0.05) is 43.0 Å². The molecular formula is C16H15N5O. The van der Waals surface area contributed by atoms with Crippen molar-refractivity contribution in [3.63, 3.8) is 0 Å². The van der Waals surface area contributed by atoms with Crippen LogP contribution in [0.4, 0.5) is 5.95 Å². The normalized spacial score (nSPS) is 10.4. The van der Waals surface area contributed by atoms with Crippen molar-refractivity contribution >= 4 is 5.95 Å². The van der Waals surface area contributed by atoms with E-state index in [4.69, 9.17) is 0 Å². The SMILES string of the molecule is O=c1cc(-c2ccncc2)nc(NCCc2cccnc2)[nH]1. The van der Waals surface area contributed by atoms with E-state index in [1.54, 1.807) is 18.6 Å². The van der Waals surface area contributed by atoms with Gasteiger partial charge in [0.1, 0.15) is 0 Å². The van der Waals surface area contributed by atoms with Crippen molar-refractivity contribution in [1.29, 1.82) is 0 Å². The lowest BCUT2D eigenvalue weighted by atomic mass is 10.2. The van der Waals surface area contributed by atoms with E-state index in [1.807, 2.05) is 30.5 Å². The minimum Gasteiger partial charge on any atom is -0.355 e. The second-order valence-corrected chi connectivity index (χ2v) is 4.75. The minimum absolute atomic E-state index is 0.189. The summed E-state index contributed by atoms with van der Waals surface area (Å²) in [7, 11) is 0. The average molecular weight is 293 g/mol. The molecule has 0 radical (unpaired) electrons. The van der Waals surface area contributed by atoms with Crippen LogP contribution in [0.1, 0.15) is 5.56 Å². The van der Waals surface area contributed by atoms with E-state index in [1.165, 1.54) is 6.07 Å². The summed E-state index contributed by atoms with van der Waals surface area (Å²) in [6.45, 7) is 0.661. The van der Waals surface area contributed by atoms with Crippen LogP contribution in [-0.2, 0) is 6.42 Å². The van der Waals surface area contributed by atoms with E-state index in [9.17, 15) is 4.79 Å². The molecule has 0 bridgehead atoms. The Kier molecular flexibility index (Phi) is 4.20. The zero-order valence-electron chi connectivity index (χ0n) is 11.9. The first-order valence-corrected chi connectivity index (χ1v) is 6.96. The van der Waals surface area contributed by atoms with Gasteiger partial charge in [-0.3, -0.25) is 19.7 Å². The maximum atomic E-state index is 11.8. The molecule has 0 aliphatic heterocycles. The van der Waals surface area contributed by atoms with Gasteiger partial charge in [0.25, 0.3) is 5.56 Å². The fraction of sp³-hybridized carbons (Fsp3) is 0.125. The van der Waals surface area contributed by atoms with Crippen LogP contribution in [0.2, 0.25) is 0 Å². The van der Waals surface area contributed by atoms with Gasteiger partial charge in [-0.15, -0.1) is 0 Å². The van der Waals surface area contributed by atoms with E-state index in [0.717, 1.165) is 17.5 Å². The van der Waals surface area contributed by atoms with Gasteiger partial charge in [0.05, 0.1) is 5.69 Å². The number of nitrogens with zero attached hydrogens (tertiary/aromatic N) is 3. The molecule has 0 amide bonds. The van der Waals surface area contributed by atoms with Crippen molar-refractivity contribution in [3.05, 3.63) is 71.0 Å². The second-order valence-electron chi connectivity index (χ2n) is 4.75. The molecule has 3 heterocycles. The van der Waals surface area contributed by atoms with Gasteiger partial charge < -0.3 is 5.32 Å². The van der Waals surface area contributed by atoms with Crippen molar-refractivity contribution in [3.8, 4) is 11.3 Å². The monoisotopic (exact) mass is 293 g/mol. The summed E-state index contributed by atoms with van der Waals surface area (Å²) >= 11 is 0. The molecule has 0 saturated heterocycles. The lowest BCUT2D eigenvalue weighted by Gasteiger charge is -2.07. The molecule has 6 heteroatoms. The number of pyridine rings is 2. The number of hydrogen-bond acceptors (Lipinski definition) is 5. The predicted octanol–water partition coefficient (Wildman–Crippen LogP) is 1.88. The fourth-order valence-electron chi connectivity index (χ4n) is 2.08. The first-order chi connectivity index (χ1) is 10.8. The molecule has 3 aromatic rings. The molecule has 0 spiro atoms. The van der Waals surface area contributed by atoms with Crippen molar-refractivity contribution in [2.45, 2.75) is 6.42 Å². The van der Waals surface area contributed by atoms with Crippen LogP contribution in [-0.4, -0.2) is 26.5 Å². The van der Waals surface area contributed by atoms with Gasteiger partial charge in [0.2, 0.25) is 5.95 Å². The molecule has 0 unspecified atom stereocenters. The van der Waals surface area contributed by atoms with Crippen LogP contribution < -0.4 is 10.9 Å². The standard InChI is InChI=1S/C16H15N5O/c22-15-10-14(13-4-7-17-8-5-13)20-16(21-15)19-9-3-12-2-1-6-18-11-12/h1-2,4-8,10-11H,3,9H2,(H2,19,20,21,22).